The number of benzene rings is 1. The first-order valence-corrected chi connectivity index (χ1v) is 8.52. The second-order valence-corrected chi connectivity index (χ2v) is 5.81. The molecule has 2 heterocycles. The summed E-state index contributed by atoms with van der Waals surface area (Å²) in [5.41, 5.74) is 3.08. The lowest BCUT2D eigenvalue weighted by atomic mass is 10.2. The lowest BCUT2D eigenvalue weighted by molar-refractivity contribution is 0.0945. The molecule has 1 aromatic carbocycles. The highest BCUT2D eigenvalue weighted by atomic mass is 16.1. The van der Waals surface area contributed by atoms with Crippen molar-refractivity contribution in [2.45, 2.75) is 20.4 Å². The standard InChI is InChI=1S/C20H21N5O/c1-3-25(17-7-5-4-6-8-17)20-23-15(2)13-18(24-20)19(26)22-14-16-9-11-21-12-10-16/h4-13H,3,14H2,1-2H3,(H,22,26). The Balaban J connectivity index is 1.81. The minimum atomic E-state index is -0.224. The van der Waals surface area contributed by atoms with Crippen molar-refractivity contribution in [3.05, 3.63) is 77.9 Å². The number of pyridine rings is 1. The molecule has 2 aromatic heterocycles. The number of anilines is 2. The lowest BCUT2D eigenvalue weighted by Gasteiger charge is -2.21. The molecule has 6 heteroatoms. The van der Waals surface area contributed by atoms with Gasteiger partial charge >= 0.3 is 0 Å². The predicted octanol–water partition coefficient (Wildman–Crippen LogP) is 3.27. The number of carbonyl (C=O) groups excluding carboxylic acids is 1. The molecule has 0 spiro atoms. The van der Waals surface area contributed by atoms with Crippen LogP contribution in [-0.4, -0.2) is 27.4 Å². The highest BCUT2D eigenvalue weighted by Gasteiger charge is 2.15. The van der Waals surface area contributed by atoms with Gasteiger partial charge in [-0.25, -0.2) is 9.97 Å². The topological polar surface area (TPSA) is 71.0 Å². The molecule has 0 aliphatic rings. The van der Waals surface area contributed by atoms with Crippen LogP contribution in [0.15, 0.2) is 60.9 Å². The van der Waals surface area contributed by atoms with Crippen LogP contribution >= 0.6 is 0 Å². The second kappa shape index (κ2) is 8.20. The van der Waals surface area contributed by atoms with Gasteiger partial charge in [0.2, 0.25) is 5.95 Å². The van der Waals surface area contributed by atoms with Gasteiger partial charge in [-0.2, -0.15) is 0 Å². The minimum absolute atomic E-state index is 0.224. The van der Waals surface area contributed by atoms with E-state index in [9.17, 15) is 4.79 Å². The Hall–Kier alpha value is -3.28. The molecule has 0 saturated heterocycles. The van der Waals surface area contributed by atoms with Crippen molar-refractivity contribution in [3.8, 4) is 0 Å². The number of para-hydroxylation sites is 1. The van der Waals surface area contributed by atoms with E-state index in [4.69, 9.17) is 0 Å². The fourth-order valence-corrected chi connectivity index (χ4v) is 2.61. The number of hydrogen-bond acceptors (Lipinski definition) is 5. The first kappa shape index (κ1) is 17.5. The molecule has 3 rings (SSSR count). The van der Waals surface area contributed by atoms with Crippen molar-refractivity contribution in [2.75, 3.05) is 11.4 Å². The van der Waals surface area contributed by atoms with Crippen molar-refractivity contribution in [3.63, 3.8) is 0 Å². The Morgan fingerprint density at radius 1 is 1.08 bits per heavy atom. The van der Waals surface area contributed by atoms with E-state index in [-0.39, 0.29) is 5.91 Å². The van der Waals surface area contributed by atoms with Crippen LogP contribution in [0.25, 0.3) is 0 Å². The average molecular weight is 347 g/mol. The normalized spacial score (nSPS) is 10.4. The van der Waals surface area contributed by atoms with Crippen LogP contribution < -0.4 is 10.2 Å². The van der Waals surface area contributed by atoms with Gasteiger partial charge in [-0.15, -0.1) is 0 Å². The van der Waals surface area contributed by atoms with Gasteiger partial charge in [-0.1, -0.05) is 18.2 Å². The Morgan fingerprint density at radius 2 is 1.81 bits per heavy atom. The van der Waals surface area contributed by atoms with E-state index >= 15 is 0 Å². The molecule has 3 aromatic rings. The molecule has 1 amide bonds. The van der Waals surface area contributed by atoms with Gasteiger partial charge in [-0.3, -0.25) is 9.78 Å². The summed E-state index contributed by atoms with van der Waals surface area (Å²) < 4.78 is 0. The number of nitrogens with zero attached hydrogens (tertiary/aromatic N) is 4. The zero-order chi connectivity index (χ0) is 18.4. The van der Waals surface area contributed by atoms with Gasteiger partial charge in [-0.05, 0) is 49.7 Å². The summed E-state index contributed by atoms with van der Waals surface area (Å²) in [6.07, 6.45) is 3.40. The quantitative estimate of drug-likeness (QED) is 0.741. The largest absolute Gasteiger partial charge is 0.347 e. The maximum atomic E-state index is 12.5. The summed E-state index contributed by atoms with van der Waals surface area (Å²) in [6.45, 7) is 5.02. The number of amides is 1. The molecule has 132 valence electrons. The zero-order valence-corrected chi connectivity index (χ0v) is 14.9. The Kier molecular flexibility index (Phi) is 5.53. The number of rotatable bonds is 6. The number of hydrogen-bond donors (Lipinski definition) is 1. The maximum Gasteiger partial charge on any atom is 0.270 e. The predicted molar refractivity (Wildman–Crippen MR) is 101 cm³/mol. The molecule has 0 radical (unpaired) electrons. The van der Waals surface area contributed by atoms with E-state index < -0.39 is 0 Å². The number of nitrogens with one attached hydrogen (secondary N) is 1. The smallest absolute Gasteiger partial charge is 0.270 e. The van der Waals surface area contributed by atoms with E-state index in [1.807, 2.05) is 61.2 Å². The van der Waals surface area contributed by atoms with E-state index in [2.05, 4.69) is 20.3 Å². The number of carbonyl (C=O) groups is 1. The van der Waals surface area contributed by atoms with Gasteiger partial charge in [0.05, 0.1) is 0 Å². The third-order valence-electron chi connectivity index (χ3n) is 3.90. The SMILES string of the molecule is CCN(c1ccccc1)c1nc(C)cc(C(=O)NCc2ccncc2)n1. The van der Waals surface area contributed by atoms with Crippen molar-refractivity contribution in [2.24, 2.45) is 0 Å². The summed E-state index contributed by atoms with van der Waals surface area (Å²) in [7, 11) is 0. The first-order chi connectivity index (χ1) is 12.7. The molecule has 0 aliphatic heterocycles. The summed E-state index contributed by atoms with van der Waals surface area (Å²) in [4.78, 5) is 27.5. The summed E-state index contributed by atoms with van der Waals surface area (Å²) in [5, 5.41) is 2.89. The second-order valence-electron chi connectivity index (χ2n) is 5.81. The zero-order valence-electron chi connectivity index (χ0n) is 14.9. The van der Waals surface area contributed by atoms with Gasteiger partial charge in [0.25, 0.3) is 5.91 Å². The van der Waals surface area contributed by atoms with Crippen molar-refractivity contribution >= 4 is 17.5 Å². The van der Waals surface area contributed by atoms with E-state index in [0.29, 0.717) is 24.7 Å². The molecule has 0 unspecified atom stereocenters. The van der Waals surface area contributed by atoms with Crippen LogP contribution in [0.1, 0.15) is 28.7 Å². The molecule has 0 saturated carbocycles. The Morgan fingerprint density at radius 3 is 2.50 bits per heavy atom. The molecule has 0 bridgehead atoms. The fourth-order valence-electron chi connectivity index (χ4n) is 2.61. The van der Waals surface area contributed by atoms with Crippen LogP contribution in [0, 0.1) is 6.92 Å². The van der Waals surface area contributed by atoms with Crippen molar-refractivity contribution in [1.29, 1.82) is 0 Å². The highest BCUT2D eigenvalue weighted by Crippen LogP contribution is 2.21. The number of aromatic nitrogens is 3. The molecular formula is C20H21N5O. The van der Waals surface area contributed by atoms with Gasteiger partial charge in [0.1, 0.15) is 5.69 Å². The Bertz CT molecular complexity index is 868. The van der Waals surface area contributed by atoms with Crippen LogP contribution in [0.4, 0.5) is 11.6 Å². The van der Waals surface area contributed by atoms with Crippen molar-refractivity contribution in [1.82, 2.24) is 20.3 Å². The summed E-state index contributed by atoms with van der Waals surface area (Å²) in [5.74, 6) is 0.297. The van der Waals surface area contributed by atoms with E-state index in [1.54, 1.807) is 18.5 Å². The molecule has 26 heavy (non-hydrogen) atoms. The van der Waals surface area contributed by atoms with Crippen LogP contribution in [0.3, 0.4) is 0 Å². The van der Waals surface area contributed by atoms with E-state index in [1.165, 1.54) is 0 Å². The number of aryl methyl sites for hydroxylation is 1. The molecular weight excluding hydrogens is 326 g/mol. The van der Waals surface area contributed by atoms with Crippen molar-refractivity contribution < 1.29 is 4.79 Å². The minimum Gasteiger partial charge on any atom is -0.347 e. The summed E-state index contributed by atoms with van der Waals surface area (Å²) >= 11 is 0. The lowest BCUT2D eigenvalue weighted by Crippen LogP contribution is -2.26. The highest BCUT2D eigenvalue weighted by molar-refractivity contribution is 5.92. The molecule has 6 nitrogen and oxygen atoms in total. The van der Waals surface area contributed by atoms with Crippen LogP contribution in [0.5, 0.6) is 0 Å². The first-order valence-electron chi connectivity index (χ1n) is 8.52. The monoisotopic (exact) mass is 347 g/mol. The molecule has 0 aliphatic carbocycles. The van der Waals surface area contributed by atoms with Crippen LogP contribution in [-0.2, 0) is 6.54 Å². The maximum absolute atomic E-state index is 12.5. The summed E-state index contributed by atoms with van der Waals surface area (Å²) in [6, 6.07) is 15.3. The third kappa shape index (κ3) is 4.22. The van der Waals surface area contributed by atoms with Gasteiger partial charge < -0.3 is 10.2 Å². The fraction of sp³-hybridized carbons (Fsp3) is 0.200. The van der Waals surface area contributed by atoms with E-state index in [0.717, 1.165) is 16.9 Å². The molecule has 0 atom stereocenters. The van der Waals surface area contributed by atoms with Gasteiger partial charge in [0, 0.05) is 36.9 Å². The molecule has 1 N–H and O–H groups in total. The van der Waals surface area contributed by atoms with Crippen LogP contribution in [0.2, 0.25) is 0 Å². The molecule has 0 fully saturated rings. The third-order valence-corrected chi connectivity index (χ3v) is 3.90. The van der Waals surface area contributed by atoms with Gasteiger partial charge in [0.15, 0.2) is 0 Å². The Labute approximate surface area is 153 Å². The average Bonchev–Trinajstić information content (AvgIpc) is 2.68.